The van der Waals surface area contributed by atoms with Gasteiger partial charge in [0.15, 0.2) is 0 Å². The van der Waals surface area contributed by atoms with Gasteiger partial charge in [0.1, 0.15) is 5.75 Å². The van der Waals surface area contributed by atoms with Gasteiger partial charge in [-0.25, -0.2) is 4.98 Å². The summed E-state index contributed by atoms with van der Waals surface area (Å²) in [7, 11) is 0. The largest absolute Gasteiger partial charge is 0.493 e. The van der Waals surface area contributed by atoms with E-state index in [1.807, 2.05) is 19.2 Å². The number of ether oxygens (including phenoxy) is 1. The summed E-state index contributed by atoms with van der Waals surface area (Å²) in [5.74, 6) is 0.975. The molecule has 0 unspecified atom stereocenters. The molecule has 1 heterocycles. The Labute approximate surface area is 131 Å². The first-order valence-corrected chi connectivity index (χ1v) is 8.10. The van der Waals surface area contributed by atoms with Gasteiger partial charge in [-0.15, -0.1) is 11.3 Å². The van der Waals surface area contributed by atoms with Gasteiger partial charge in [-0.2, -0.15) is 0 Å². The molecule has 0 radical (unpaired) electrons. The molecular weight excluding hydrogens is 280 g/mol. The van der Waals surface area contributed by atoms with Crippen LogP contribution in [0.3, 0.4) is 0 Å². The quantitative estimate of drug-likeness (QED) is 0.912. The molecule has 1 aromatic heterocycles. The van der Waals surface area contributed by atoms with E-state index in [0.29, 0.717) is 6.61 Å². The molecule has 1 aromatic carbocycles. The fraction of sp³-hybridized carbons (Fsp3) is 0.471. The molecule has 0 atom stereocenters. The van der Waals surface area contributed by atoms with Crippen LogP contribution < -0.4 is 10.5 Å². The van der Waals surface area contributed by atoms with Crippen LogP contribution in [0.4, 0.5) is 0 Å². The van der Waals surface area contributed by atoms with Crippen LogP contribution >= 0.6 is 11.3 Å². The topological polar surface area (TPSA) is 48.1 Å². The van der Waals surface area contributed by atoms with Gasteiger partial charge in [0, 0.05) is 11.8 Å². The van der Waals surface area contributed by atoms with Crippen LogP contribution in [0.1, 0.15) is 41.2 Å². The summed E-state index contributed by atoms with van der Waals surface area (Å²) in [5.41, 5.74) is 10.3. The molecule has 114 valence electrons. The Balaban J connectivity index is 1.97. The van der Waals surface area contributed by atoms with E-state index >= 15 is 0 Å². The molecular formula is C17H24N2OS. The molecule has 2 N–H and O–H groups in total. The second kappa shape index (κ2) is 6.16. The lowest BCUT2D eigenvalue weighted by molar-refractivity contribution is 0.319. The highest BCUT2D eigenvalue weighted by molar-refractivity contribution is 7.09. The number of thiazole rings is 1. The normalized spacial score (nSPS) is 11.7. The molecule has 0 fully saturated rings. The van der Waals surface area contributed by atoms with Gasteiger partial charge in [0.25, 0.3) is 0 Å². The highest BCUT2D eigenvalue weighted by atomic mass is 32.1. The first-order valence-electron chi connectivity index (χ1n) is 7.22. The maximum atomic E-state index is 6.06. The maximum Gasteiger partial charge on any atom is 0.122 e. The van der Waals surface area contributed by atoms with Gasteiger partial charge in [-0.1, -0.05) is 6.07 Å². The zero-order chi connectivity index (χ0) is 15.6. The van der Waals surface area contributed by atoms with Crippen molar-refractivity contribution in [1.82, 2.24) is 4.98 Å². The Bertz CT molecular complexity index is 626. The number of aromatic nitrogens is 1. The smallest absolute Gasteiger partial charge is 0.122 e. The summed E-state index contributed by atoms with van der Waals surface area (Å²) in [6, 6.07) is 4.28. The Hall–Kier alpha value is -1.39. The molecule has 0 aliphatic rings. The Morgan fingerprint density at radius 2 is 1.95 bits per heavy atom. The lowest BCUT2D eigenvalue weighted by atomic mass is 10.0. The highest BCUT2D eigenvalue weighted by Crippen LogP contribution is 2.24. The van der Waals surface area contributed by atoms with Crippen molar-refractivity contribution in [3.8, 4) is 5.75 Å². The van der Waals surface area contributed by atoms with Crippen LogP contribution in [-0.2, 0) is 12.0 Å². The fourth-order valence-electron chi connectivity index (χ4n) is 2.12. The average Bonchev–Trinajstić information content (AvgIpc) is 2.83. The molecule has 0 bridgehead atoms. The number of aryl methyl sites for hydroxylation is 2. The number of rotatable bonds is 5. The number of benzene rings is 1. The summed E-state index contributed by atoms with van der Waals surface area (Å²) in [6.07, 6.45) is 0.813. The van der Waals surface area contributed by atoms with E-state index < -0.39 is 0 Å². The van der Waals surface area contributed by atoms with Crippen LogP contribution in [0.2, 0.25) is 0 Å². The minimum atomic E-state index is -0.375. The SMILES string of the molecule is Cc1cc(C)c(C)c(OCCc2nc(C(C)(C)N)cs2)c1. The molecule has 0 saturated carbocycles. The molecule has 4 heteroatoms. The lowest BCUT2D eigenvalue weighted by Gasteiger charge is -2.14. The summed E-state index contributed by atoms with van der Waals surface area (Å²) in [6.45, 7) is 10.9. The van der Waals surface area contributed by atoms with Crippen LogP contribution in [0.15, 0.2) is 17.5 Å². The average molecular weight is 304 g/mol. The third-order valence-electron chi connectivity index (χ3n) is 3.55. The van der Waals surface area contributed by atoms with E-state index in [-0.39, 0.29) is 5.54 Å². The van der Waals surface area contributed by atoms with Gasteiger partial charge in [0.05, 0.1) is 22.8 Å². The Morgan fingerprint density at radius 1 is 1.24 bits per heavy atom. The third kappa shape index (κ3) is 4.05. The predicted octanol–water partition coefficient (Wildman–Crippen LogP) is 3.88. The van der Waals surface area contributed by atoms with Crippen molar-refractivity contribution in [2.45, 2.75) is 46.6 Å². The predicted molar refractivity (Wildman–Crippen MR) is 89.2 cm³/mol. The van der Waals surface area contributed by atoms with Gasteiger partial charge >= 0.3 is 0 Å². The Kier molecular flexibility index (Phi) is 4.69. The van der Waals surface area contributed by atoms with Crippen molar-refractivity contribution in [3.05, 3.63) is 44.9 Å². The zero-order valence-corrected chi connectivity index (χ0v) is 14.3. The maximum absolute atomic E-state index is 6.06. The van der Waals surface area contributed by atoms with Crippen LogP contribution in [0.25, 0.3) is 0 Å². The Morgan fingerprint density at radius 3 is 2.57 bits per heavy atom. The van der Waals surface area contributed by atoms with E-state index in [1.165, 1.54) is 16.7 Å². The van der Waals surface area contributed by atoms with E-state index in [1.54, 1.807) is 11.3 Å². The summed E-state index contributed by atoms with van der Waals surface area (Å²) >= 11 is 1.65. The first-order chi connectivity index (χ1) is 9.77. The highest BCUT2D eigenvalue weighted by Gasteiger charge is 2.17. The fourth-order valence-corrected chi connectivity index (χ4v) is 3.08. The van der Waals surface area contributed by atoms with Gasteiger partial charge in [-0.05, 0) is 57.4 Å². The second-order valence-electron chi connectivity index (χ2n) is 6.15. The van der Waals surface area contributed by atoms with Gasteiger partial charge < -0.3 is 10.5 Å². The molecule has 21 heavy (non-hydrogen) atoms. The minimum absolute atomic E-state index is 0.375. The molecule has 0 amide bonds. The molecule has 0 aliphatic heterocycles. The molecule has 0 spiro atoms. The molecule has 2 rings (SSSR count). The van der Waals surface area contributed by atoms with Crippen molar-refractivity contribution in [2.24, 2.45) is 5.73 Å². The zero-order valence-electron chi connectivity index (χ0n) is 13.5. The van der Waals surface area contributed by atoms with Gasteiger partial charge in [-0.3, -0.25) is 0 Å². The lowest BCUT2D eigenvalue weighted by Crippen LogP contribution is -2.29. The van der Waals surface area contributed by atoms with Crippen molar-refractivity contribution < 1.29 is 4.74 Å². The third-order valence-corrected chi connectivity index (χ3v) is 4.46. The van der Waals surface area contributed by atoms with Crippen molar-refractivity contribution >= 4 is 11.3 Å². The first kappa shape index (κ1) is 16.0. The van der Waals surface area contributed by atoms with E-state index in [9.17, 15) is 0 Å². The standard InChI is InChI=1S/C17H24N2OS/c1-11-8-12(2)13(3)14(9-11)20-7-6-16-19-15(10-21-16)17(4,5)18/h8-10H,6-7,18H2,1-5H3. The number of nitrogens with two attached hydrogens (primary N) is 1. The van der Waals surface area contributed by atoms with E-state index in [2.05, 4.69) is 37.9 Å². The van der Waals surface area contributed by atoms with Crippen LogP contribution in [0.5, 0.6) is 5.75 Å². The number of hydrogen-bond donors (Lipinski definition) is 1. The van der Waals surface area contributed by atoms with E-state index in [4.69, 9.17) is 10.5 Å². The molecule has 2 aromatic rings. The number of hydrogen-bond acceptors (Lipinski definition) is 4. The van der Waals surface area contributed by atoms with E-state index in [0.717, 1.165) is 22.9 Å². The van der Waals surface area contributed by atoms with Crippen LogP contribution in [0, 0.1) is 20.8 Å². The monoisotopic (exact) mass is 304 g/mol. The minimum Gasteiger partial charge on any atom is -0.493 e. The van der Waals surface area contributed by atoms with Crippen LogP contribution in [-0.4, -0.2) is 11.6 Å². The number of nitrogens with zero attached hydrogens (tertiary/aromatic N) is 1. The molecule has 0 saturated heterocycles. The summed E-state index contributed by atoms with van der Waals surface area (Å²) < 4.78 is 5.93. The van der Waals surface area contributed by atoms with Gasteiger partial charge in [0.2, 0.25) is 0 Å². The van der Waals surface area contributed by atoms with Crippen molar-refractivity contribution in [2.75, 3.05) is 6.61 Å². The summed E-state index contributed by atoms with van der Waals surface area (Å²) in [4.78, 5) is 4.58. The van der Waals surface area contributed by atoms with Crippen molar-refractivity contribution in [3.63, 3.8) is 0 Å². The summed E-state index contributed by atoms with van der Waals surface area (Å²) in [5, 5.41) is 3.11. The van der Waals surface area contributed by atoms with Crippen molar-refractivity contribution in [1.29, 1.82) is 0 Å². The molecule has 0 aliphatic carbocycles. The molecule has 3 nitrogen and oxygen atoms in total. The second-order valence-corrected chi connectivity index (χ2v) is 7.09.